The molecule has 4 heteroatoms. The van der Waals surface area contributed by atoms with Crippen molar-refractivity contribution in [3.05, 3.63) is 0 Å². The topological polar surface area (TPSA) is 32.3 Å². The summed E-state index contributed by atoms with van der Waals surface area (Å²) in [7, 11) is 2.01. The number of rotatable bonds is 4. The van der Waals surface area contributed by atoms with Gasteiger partial charge in [0.1, 0.15) is 0 Å². The third kappa shape index (κ3) is 4.96. The van der Waals surface area contributed by atoms with Gasteiger partial charge >= 0.3 is 0 Å². The first-order valence-corrected chi connectivity index (χ1v) is 7.61. The van der Waals surface area contributed by atoms with Gasteiger partial charge in [0.15, 0.2) is 0 Å². The van der Waals surface area contributed by atoms with Crippen LogP contribution in [0.25, 0.3) is 0 Å². The Morgan fingerprint density at radius 3 is 2.37 bits per heavy atom. The molecule has 2 aliphatic rings. The second kappa shape index (κ2) is 8.11. The van der Waals surface area contributed by atoms with Gasteiger partial charge in [-0.1, -0.05) is 13.3 Å². The molecule has 1 saturated carbocycles. The van der Waals surface area contributed by atoms with Crippen molar-refractivity contribution in [2.75, 3.05) is 26.7 Å². The molecule has 0 radical (unpaired) electrons. The summed E-state index contributed by atoms with van der Waals surface area (Å²) < 4.78 is 0. The van der Waals surface area contributed by atoms with E-state index < -0.39 is 0 Å². The highest BCUT2D eigenvalue weighted by Crippen LogP contribution is 2.33. The van der Waals surface area contributed by atoms with Crippen LogP contribution in [0.4, 0.5) is 0 Å². The lowest BCUT2D eigenvalue weighted by atomic mass is 9.95. The zero-order chi connectivity index (χ0) is 13.0. The Labute approximate surface area is 123 Å². The highest BCUT2D eigenvalue weighted by Gasteiger charge is 2.27. The summed E-state index contributed by atoms with van der Waals surface area (Å²) in [6, 6.07) is 0. The molecule has 2 atom stereocenters. The number of piperidine rings is 1. The van der Waals surface area contributed by atoms with E-state index in [1.807, 2.05) is 7.05 Å². The molecule has 1 N–H and O–H groups in total. The maximum Gasteiger partial charge on any atom is 0.222 e. The number of carbonyl (C=O) groups is 1. The molecule has 0 aromatic heterocycles. The van der Waals surface area contributed by atoms with E-state index in [4.69, 9.17) is 0 Å². The van der Waals surface area contributed by atoms with Crippen LogP contribution in [0.2, 0.25) is 0 Å². The first-order valence-electron chi connectivity index (χ1n) is 7.61. The van der Waals surface area contributed by atoms with Gasteiger partial charge in [-0.3, -0.25) is 4.79 Å². The molecule has 2 unspecified atom stereocenters. The maximum atomic E-state index is 12.2. The van der Waals surface area contributed by atoms with Crippen molar-refractivity contribution in [1.29, 1.82) is 0 Å². The summed E-state index contributed by atoms with van der Waals surface area (Å²) in [6.07, 6.45) is 7.01. The molecule has 0 aromatic rings. The van der Waals surface area contributed by atoms with Crippen molar-refractivity contribution in [1.82, 2.24) is 10.2 Å². The first-order chi connectivity index (χ1) is 8.69. The quantitative estimate of drug-likeness (QED) is 0.863. The van der Waals surface area contributed by atoms with E-state index in [1.54, 1.807) is 0 Å². The van der Waals surface area contributed by atoms with Crippen LogP contribution in [0.5, 0.6) is 0 Å². The normalized spacial score (nSPS) is 28.2. The van der Waals surface area contributed by atoms with Crippen LogP contribution in [0, 0.1) is 17.8 Å². The summed E-state index contributed by atoms with van der Waals surface area (Å²) in [6.45, 7) is 5.37. The van der Waals surface area contributed by atoms with E-state index >= 15 is 0 Å². The number of nitrogens with zero attached hydrogens (tertiary/aromatic N) is 1. The van der Waals surface area contributed by atoms with Crippen molar-refractivity contribution in [3.8, 4) is 0 Å². The molecule has 112 valence electrons. The molecule has 1 heterocycles. The van der Waals surface area contributed by atoms with Gasteiger partial charge < -0.3 is 10.2 Å². The molecule has 2 rings (SSSR count). The third-order valence-electron chi connectivity index (χ3n) is 4.73. The average molecular weight is 289 g/mol. The minimum absolute atomic E-state index is 0. The standard InChI is InChI=1S/C15H28N2O.ClH/c1-12-3-4-14(9-12)10-15(18)17-7-5-13(6-8-17)11-16-2;/h12-14,16H,3-11H2,1-2H3;1H. The number of likely N-dealkylation sites (tertiary alicyclic amines) is 1. The van der Waals surface area contributed by atoms with Crippen LogP contribution in [-0.2, 0) is 4.79 Å². The highest BCUT2D eigenvalue weighted by molar-refractivity contribution is 5.85. The Kier molecular flexibility index (Phi) is 7.16. The van der Waals surface area contributed by atoms with E-state index in [-0.39, 0.29) is 12.4 Å². The second-order valence-electron chi connectivity index (χ2n) is 6.37. The van der Waals surface area contributed by atoms with E-state index in [2.05, 4.69) is 17.1 Å². The monoisotopic (exact) mass is 288 g/mol. The van der Waals surface area contributed by atoms with Crippen molar-refractivity contribution in [3.63, 3.8) is 0 Å². The lowest BCUT2D eigenvalue weighted by molar-refractivity contribution is -0.133. The number of carbonyl (C=O) groups excluding carboxylic acids is 1. The van der Waals surface area contributed by atoms with Crippen LogP contribution in [0.3, 0.4) is 0 Å². The average Bonchev–Trinajstić information content (AvgIpc) is 2.76. The van der Waals surface area contributed by atoms with Crippen molar-refractivity contribution >= 4 is 18.3 Å². The largest absolute Gasteiger partial charge is 0.343 e. The molecule has 19 heavy (non-hydrogen) atoms. The molecule has 1 saturated heterocycles. The minimum atomic E-state index is 0. The number of nitrogens with one attached hydrogen (secondary N) is 1. The summed E-state index contributed by atoms with van der Waals surface area (Å²) in [4.78, 5) is 14.3. The molecular formula is C15H29ClN2O. The van der Waals surface area contributed by atoms with Crippen LogP contribution in [-0.4, -0.2) is 37.5 Å². The van der Waals surface area contributed by atoms with Gasteiger partial charge in [0, 0.05) is 19.5 Å². The molecule has 0 spiro atoms. The fourth-order valence-electron chi connectivity index (χ4n) is 3.56. The zero-order valence-corrected chi connectivity index (χ0v) is 13.2. The van der Waals surface area contributed by atoms with Gasteiger partial charge in [-0.2, -0.15) is 0 Å². The van der Waals surface area contributed by atoms with Gasteiger partial charge in [-0.05, 0) is 57.0 Å². The number of amides is 1. The Balaban J connectivity index is 0.00000180. The number of hydrogen-bond donors (Lipinski definition) is 1. The minimum Gasteiger partial charge on any atom is -0.343 e. The summed E-state index contributed by atoms with van der Waals surface area (Å²) in [5.41, 5.74) is 0. The lowest BCUT2D eigenvalue weighted by Gasteiger charge is -2.32. The van der Waals surface area contributed by atoms with Crippen molar-refractivity contribution < 1.29 is 4.79 Å². The highest BCUT2D eigenvalue weighted by atomic mass is 35.5. The van der Waals surface area contributed by atoms with E-state index in [0.717, 1.165) is 37.9 Å². The van der Waals surface area contributed by atoms with E-state index in [0.29, 0.717) is 11.8 Å². The fraction of sp³-hybridized carbons (Fsp3) is 0.933. The van der Waals surface area contributed by atoms with E-state index in [1.165, 1.54) is 32.1 Å². The SMILES string of the molecule is CNCC1CCN(C(=O)CC2CCC(C)C2)CC1.Cl. The van der Waals surface area contributed by atoms with Crippen molar-refractivity contribution in [2.24, 2.45) is 17.8 Å². The van der Waals surface area contributed by atoms with Gasteiger partial charge in [0.2, 0.25) is 5.91 Å². The van der Waals surface area contributed by atoms with Crippen LogP contribution >= 0.6 is 12.4 Å². The molecular weight excluding hydrogens is 260 g/mol. The van der Waals surface area contributed by atoms with Crippen molar-refractivity contribution in [2.45, 2.75) is 45.4 Å². The molecule has 1 aliphatic heterocycles. The van der Waals surface area contributed by atoms with Gasteiger partial charge in [-0.15, -0.1) is 12.4 Å². The first kappa shape index (κ1) is 16.8. The summed E-state index contributed by atoms with van der Waals surface area (Å²) in [5.74, 6) is 2.69. The van der Waals surface area contributed by atoms with Crippen LogP contribution < -0.4 is 5.32 Å². The lowest BCUT2D eigenvalue weighted by Crippen LogP contribution is -2.40. The molecule has 2 fully saturated rings. The number of hydrogen-bond acceptors (Lipinski definition) is 2. The Morgan fingerprint density at radius 1 is 1.16 bits per heavy atom. The predicted molar refractivity (Wildman–Crippen MR) is 81.6 cm³/mol. The smallest absolute Gasteiger partial charge is 0.222 e. The molecule has 1 amide bonds. The van der Waals surface area contributed by atoms with Gasteiger partial charge in [0.25, 0.3) is 0 Å². The Morgan fingerprint density at radius 2 is 1.84 bits per heavy atom. The van der Waals surface area contributed by atoms with Gasteiger partial charge in [0.05, 0.1) is 0 Å². The van der Waals surface area contributed by atoms with Gasteiger partial charge in [-0.25, -0.2) is 0 Å². The molecule has 3 nitrogen and oxygen atoms in total. The second-order valence-corrected chi connectivity index (χ2v) is 6.37. The summed E-state index contributed by atoms with van der Waals surface area (Å²) in [5, 5.41) is 3.24. The third-order valence-corrected chi connectivity index (χ3v) is 4.73. The molecule has 0 bridgehead atoms. The van der Waals surface area contributed by atoms with Crippen LogP contribution in [0.1, 0.15) is 45.4 Å². The Hall–Kier alpha value is -0.280. The number of halogens is 1. The molecule has 0 aromatic carbocycles. The maximum absolute atomic E-state index is 12.2. The molecule has 1 aliphatic carbocycles. The predicted octanol–water partition coefficient (Wildman–Crippen LogP) is 2.69. The van der Waals surface area contributed by atoms with Crippen LogP contribution in [0.15, 0.2) is 0 Å². The zero-order valence-electron chi connectivity index (χ0n) is 12.4. The van der Waals surface area contributed by atoms with E-state index in [9.17, 15) is 4.79 Å². The Bertz CT molecular complexity index is 277. The summed E-state index contributed by atoms with van der Waals surface area (Å²) >= 11 is 0. The fourth-order valence-corrected chi connectivity index (χ4v) is 3.56.